The highest BCUT2D eigenvalue weighted by Gasteiger charge is 2.35. The van der Waals surface area contributed by atoms with Crippen molar-refractivity contribution in [1.82, 2.24) is 5.32 Å². The fourth-order valence-electron chi connectivity index (χ4n) is 2.58. The first-order valence-corrected chi connectivity index (χ1v) is 6.67. The molecule has 98 valence electrons. The van der Waals surface area contributed by atoms with Crippen LogP contribution in [-0.4, -0.2) is 19.4 Å². The summed E-state index contributed by atoms with van der Waals surface area (Å²) in [6, 6.07) is 4.27. The van der Waals surface area contributed by atoms with Crippen LogP contribution in [0.4, 0.5) is 0 Å². The molecule has 0 aromatic heterocycles. The van der Waals surface area contributed by atoms with Gasteiger partial charge >= 0.3 is 0 Å². The lowest BCUT2D eigenvalue weighted by Crippen LogP contribution is -2.31. The van der Waals surface area contributed by atoms with Crippen molar-refractivity contribution in [2.75, 3.05) is 13.3 Å². The lowest BCUT2D eigenvalue weighted by molar-refractivity contribution is 0.170. The molecule has 0 aliphatic carbocycles. The smallest absolute Gasteiger partial charge is 0.231 e. The molecule has 0 fully saturated rings. The third-order valence-electron chi connectivity index (χ3n) is 3.51. The molecule has 0 radical (unpaired) electrons. The van der Waals surface area contributed by atoms with Gasteiger partial charge in [0.25, 0.3) is 0 Å². The Morgan fingerprint density at radius 1 is 1.17 bits per heavy atom. The predicted octanol–water partition coefficient (Wildman–Crippen LogP) is 2.63. The summed E-state index contributed by atoms with van der Waals surface area (Å²) in [5.41, 5.74) is 1.19. The lowest BCUT2D eigenvalue weighted by atomic mass is 10.0. The minimum absolute atomic E-state index is 0.203. The first-order chi connectivity index (χ1) is 8.83. The van der Waals surface area contributed by atoms with E-state index in [2.05, 4.69) is 25.2 Å². The van der Waals surface area contributed by atoms with Gasteiger partial charge in [-0.3, -0.25) is 0 Å². The van der Waals surface area contributed by atoms with E-state index in [-0.39, 0.29) is 12.1 Å². The number of benzene rings is 1. The Hall–Kier alpha value is -1.42. The van der Waals surface area contributed by atoms with Crippen LogP contribution < -0.4 is 19.5 Å². The molecule has 0 amide bonds. The minimum atomic E-state index is 0.203. The largest absolute Gasteiger partial charge is 0.488 e. The van der Waals surface area contributed by atoms with Crippen LogP contribution in [-0.2, 0) is 0 Å². The molecule has 0 saturated heterocycles. The average Bonchev–Trinajstić information content (AvgIpc) is 2.96. The highest BCUT2D eigenvalue weighted by atomic mass is 16.7. The van der Waals surface area contributed by atoms with Gasteiger partial charge in [0.1, 0.15) is 11.9 Å². The number of rotatable bonds is 4. The molecule has 1 aromatic carbocycles. The molecule has 2 heterocycles. The molecule has 2 aliphatic heterocycles. The van der Waals surface area contributed by atoms with Crippen molar-refractivity contribution in [1.29, 1.82) is 0 Å². The fraction of sp³-hybridized carbons (Fsp3) is 0.571. The van der Waals surface area contributed by atoms with E-state index in [1.54, 1.807) is 0 Å². The van der Waals surface area contributed by atoms with Crippen molar-refractivity contribution in [3.05, 3.63) is 17.7 Å². The molecule has 2 unspecified atom stereocenters. The molecule has 3 rings (SSSR count). The van der Waals surface area contributed by atoms with Crippen LogP contribution in [0.5, 0.6) is 17.2 Å². The summed E-state index contributed by atoms with van der Waals surface area (Å²) in [5, 5.41) is 3.56. The van der Waals surface area contributed by atoms with Gasteiger partial charge in [0.05, 0.1) is 6.04 Å². The minimum Gasteiger partial charge on any atom is -0.488 e. The second-order valence-electron chi connectivity index (χ2n) is 4.74. The SMILES string of the molecule is CCCNC1c2cc3c(cc2OC1CC)OCO3. The molecule has 0 spiro atoms. The van der Waals surface area contributed by atoms with E-state index in [0.717, 1.165) is 36.6 Å². The number of ether oxygens (including phenoxy) is 3. The summed E-state index contributed by atoms with van der Waals surface area (Å²) in [4.78, 5) is 0. The van der Waals surface area contributed by atoms with Crippen molar-refractivity contribution in [2.24, 2.45) is 0 Å². The number of hydrogen-bond acceptors (Lipinski definition) is 4. The van der Waals surface area contributed by atoms with Crippen LogP contribution in [0.2, 0.25) is 0 Å². The summed E-state index contributed by atoms with van der Waals surface area (Å²) in [5.74, 6) is 2.55. The van der Waals surface area contributed by atoms with Crippen molar-refractivity contribution in [3.63, 3.8) is 0 Å². The van der Waals surface area contributed by atoms with Crippen molar-refractivity contribution in [2.45, 2.75) is 38.8 Å². The maximum atomic E-state index is 5.99. The van der Waals surface area contributed by atoms with Crippen molar-refractivity contribution < 1.29 is 14.2 Å². The maximum Gasteiger partial charge on any atom is 0.231 e. The third-order valence-corrected chi connectivity index (χ3v) is 3.51. The Morgan fingerprint density at radius 3 is 2.67 bits per heavy atom. The van der Waals surface area contributed by atoms with Crippen LogP contribution >= 0.6 is 0 Å². The second kappa shape index (κ2) is 4.69. The molecule has 0 saturated carbocycles. The van der Waals surface area contributed by atoms with Crippen LogP contribution in [0.25, 0.3) is 0 Å². The standard InChI is InChI=1S/C14H19NO3/c1-3-5-15-14-9-6-12-13(17-8-16-12)7-11(9)18-10(14)4-2/h6-7,10,14-15H,3-5,8H2,1-2H3. The van der Waals surface area contributed by atoms with Crippen LogP contribution in [0.3, 0.4) is 0 Å². The molecule has 0 bridgehead atoms. The Labute approximate surface area is 107 Å². The summed E-state index contributed by atoms with van der Waals surface area (Å²) >= 11 is 0. The summed E-state index contributed by atoms with van der Waals surface area (Å²) in [6.07, 6.45) is 2.31. The van der Waals surface area contributed by atoms with Gasteiger partial charge in [0.2, 0.25) is 6.79 Å². The first kappa shape index (κ1) is 11.7. The van der Waals surface area contributed by atoms with E-state index in [1.807, 2.05) is 6.07 Å². The Kier molecular flexibility index (Phi) is 3.04. The second-order valence-corrected chi connectivity index (χ2v) is 4.74. The fourth-order valence-corrected chi connectivity index (χ4v) is 2.58. The van der Waals surface area contributed by atoms with E-state index in [9.17, 15) is 0 Å². The van der Waals surface area contributed by atoms with E-state index < -0.39 is 0 Å². The van der Waals surface area contributed by atoms with Gasteiger partial charge in [-0.15, -0.1) is 0 Å². The molecule has 2 atom stereocenters. The summed E-state index contributed by atoms with van der Waals surface area (Å²) in [7, 11) is 0. The summed E-state index contributed by atoms with van der Waals surface area (Å²) < 4.78 is 16.8. The van der Waals surface area contributed by atoms with E-state index in [1.165, 1.54) is 5.56 Å². The van der Waals surface area contributed by atoms with Gasteiger partial charge in [-0.1, -0.05) is 13.8 Å². The molecule has 18 heavy (non-hydrogen) atoms. The first-order valence-electron chi connectivity index (χ1n) is 6.67. The highest BCUT2D eigenvalue weighted by molar-refractivity contribution is 5.54. The van der Waals surface area contributed by atoms with E-state index >= 15 is 0 Å². The van der Waals surface area contributed by atoms with E-state index in [4.69, 9.17) is 14.2 Å². The average molecular weight is 249 g/mol. The quantitative estimate of drug-likeness (QED) is 0.890. The van der Waals surface area contributed by atoms with Gasteiger partial charge in [-0.2, -0.15) is 0 Å². The molecule has 4 nitrogen and oxygen atoms in total. The number of fused-ring (bicyclic) bond motifs is 2. The molecule has 4 heteroatoms. The van der Waals surface area contributed by atoms with Crippen LogP contribution in [0.1, 0.15) is 38.3 Å². The predicted molar refractivity (Wildman–Crippen MR) is 68.3 cm³/mol. The molecule has 1 N–H and O–H groups in total. The molecular weight excluding hydrogens is 230 g/mol. The Bertz CT molecular complexity index is 447. The normalized spacial score (nSPS) is 23.9. The summed E-state index contributed by atoms with van der Waals surface area (Å²) in [6.45, 7) is 5.63. The topological polar surface area (TPSA) is 39.7 Å². The van der Waals surface area contributed by atoms with Crippen molar-refractivity contribution in [3.8, 4) is 17.2 Å². The number of nitrogens with one attached hydrogen (secondary N) is 1. The van der Waals surface area contributed by atoms with Gasteiger partial charge in [0.15, 0.2) is 11.5 Å². The van der Waals surface area contributed by atoms with Gasteiger partial charge in [-0.05, 0) is 25.5 Å². The zero-order valence-electron chi connectivity index (χ0n) is 10.9. The Balaban J connectivity index is 1.91. The number of hydrogen-bond donors (Lipinski definition) is 1. The molecular formula is C14H19NO3. The van der Waals surface area contributed by atoms with Crippen LogP contribution in [0.15, 0.2) is 12.1 Å². The molecule has 1 aromatic rings. The van der Waals surface area contributed by atoms with Gasteiger partial charge in [0, 0.05) is 11.6 Å². The van der Waals surface area contributed by atoms with E-state index in [0.29, 0.717) is 6.79 Å². The highest BCUT2D eigenvalue weighted by Crippen LogP contribution is 2.45. The molecule has 2 aliphatic rings. The van der Waals surface area contributed by atoms with Crippen molar-refractivity contribution >= 4 is 0 Å². The monoisotopic (exact) mass is 249 g/mol. The third kappa shape index (κ3) is 1.81. The maximum absolute atomic E-state index is 5.99. The lowest BCUT2D eigenvalue weighted by Gasteiger charge is -2.18. The zero-order chi connectivity index (χ0) is 12.5. The Morgan fingerprint density at radius 2 is 1.94 bits per heavy atom. The van der Waals surface area contributed by atoms with Crippen LogP contribution in [0, 0.1) is 0 Å². The van der Waals surface area contributed by atoms with Gasteiger partial charge < -0.3 is 19.5 Å². The zero-order valence-corrected chi connectivity index (χ0v) is 10.9. The van der Waals surface area contributed by atoms with Gasteiger partial charge in [-0.25, -0.2) is 0 Å².